The van der Waals surface area contributed by atoms with Crippen molar-refractivity contribution in [1.29, 1.82) is 0 Å². The number of nitrogens with one attached hydrogen (secondary N) is 2. The first-order valence-electron chi connectivity index (χ1n) is 5.88. The molecule has 0 saturated heterocycles. The summed E-state index contributed by atoms with van der Waals surface area (Å²) in [5, 5.41) is 13.9. The van der Waals surface area contributed by atoms with E-state index in [4.69, 9.17) is 9.84 Å². The van der Waals surface area contributed by atoms with Gasteiger partial charge in [0.1, 0.15) is 6.04 Å². The molecule has 0 rings (SSSR count). The van der Waals surface area contributed by atoms with Crippen molar-refractivity contribution in [3.8, 4) is 0 Å². The lowest BCUT2D eigenvalue weighted by Gasteiger charge is -2.15. The van der Waals surface area contributed by atoms with Gasteiger partial charge >= 0.3 is 12.0 Å². The topological polar surface area (TPSA) is 90.9 Å². The number of hydrogen-bond acceptors (Lipinski definition) is 4. The van der Waals surface area contributed by atoms with E-state index in [1.165, 1.54) is 7.11 Å². The van der Waals surface area contributed by atoms with Gasteiger partial charge in [-0.25, -0.2) is 9.59 Å². The highest BCUT2D eigenvalue weighted by Crippen LogP contribution is 1.93. The number of nitrogens with zero attached hydrogens (tertiary/aromatic N) is 1. The summed E-state index contributed by atoms with van der Waals surface area (Å²) in [5.74, 6) is -1.06. The third-order valence-corrected chi connectivity index (χ3v) is 2.28. The Kier molecular flexibility index (Phi) is 8.95. The van der Waals surface area contributed by atoms with Gasteiger partial charge in [0.2, 0.25) is 0 Å². The third kappa shape index (κ3) is 8.77. The summed E-state index contributed by atoms with van der Waals surface area (Å²) in [6, 6.07) is -1.38. The molecule has 0 spiro atoms. The lowest BCUT2D eigenvalue weighted by Crippen LogP contribution is -2.46. The Morgan fingerprint density at radius 1 is 1.39 bits per heavy atom. The van der Waals surface area contributed by atoms with E-state index in [2.05, 4.69) is 10.6 Å². The van der Waals surface area contributed by atoms with Gasteiger partial charge in [-0.1, -0.05) is 0 Å². The third-order valence-electron chi connectivity index (χ3n) is 2.28. The Labute approximate surface area is 107 Å². The number of rotatable bonds is 9. The van der Waals surface area contributed by atoms with E-state index in [-0.39, 0.29) is 13.0 Å². The SMILES string of the molecule is COCCC(NC(=O)NCCCN(C)C)C(=O)O. The molecule has 0 heterocycles. The zero-order valence-corrected chi connectivity index (χ0v) is 11.2. The molecule has 0 aromatic rings. The van der Waals surface area contributed by atoms with Gasteiger partial charge in [0.05, 0.1) is 0 Å². The van der Waals surface area contributed by atoms with Gasteiger partial charge in [-0.2, -0.15) is 0 Å². The zero-order valence-electron chi connectivity index (χ0n) is 11.2. The molecule has 0 fully saturated rings. The van der Waals surface area contributed by atoms with Crippen molar-refractivity contribution in [3.05, 3.63) is 0 Å². The number of carboxylic acids is 1. The number of ether oxygens (including phenoxy) is 1. The van der Waals surface area contributed by atoms with Crippen molar-refractivity contribution in [2.75, 3.05) is 40.9 Å². The molecule has 0 aliphatic heterocycles. The first-order valence-corrected chi connectivity index (χ1v) is 5.88. The minimum atomic E-state index is -1.06. The van der Waals surface area contributed by atoms with Gasteiger partial charge in [-0.15, -0.1) is 0 Å². The van der Waals surface area contributed by atoms with Gasteiger partial charge in [-0.05, 0) is 27.1 Å². The van der Waals surface area contributed by atoms with E-state index >= 15 is 0 Å². The fraction of sp³-hybridized carbons (Fsp3) is 0.818. The molecule has 18 heavy (non-hydrogen) atoms. The van der Waals surface area contributed by atoms with Crippen LogP contribution in [0.1, 0.15) is 12.8 Å². The molecule has 0 aromatic carbocycles. The van der Waals surface area contributed by atoms with Gasteiger partial charge in [0.15, 0.2) is 0 Å². The van der Waals surface area contributed by atoms with Gasteiger partial charge in [0, 0.05) is 26.7 Å². The maximum atomic E-state index is 11.4. The normalized spacial score (nSPS) is 12.2. The molecule has 0 aliphatic carbocycles. The lowest BCUT2D eigenvalue weighted by atomic mass is 10.2. The van der Waals surface area contributed by atoms with E-state index in [1.807, 2.05) is 19.0 Å². The van der Waals surface area contributed by atoms with Crippen molar-refractivity contribution >= 4 is 12.0 Å². The molecule has 0 aliphatic rings. The van der Waals surface area contributed by atoms with Crippen molar-refractivity contribution in [3.63, 3.8) is 0 Å². The summed E-state index contributed by atoms with van der Waals surface area (Å²) in [4.78, 5) is 24.3. The Morgan fingerprint density at radius 2 is 2.06 bits per heavy atom. The van der Waals surface area contributed by atoms with Crippen LogP contribution in [0.15, 0.2) is 0 Å². The highest BCUT2D eigenvalue weighted by molar-refractivity contribution is 5.82. The van der Waals surface area contributed by atoms with Crippen LogP contribution >= 0.6 is 0 Å². The predicted molar refractivity (Wildman–Crippen MR) is 67.6 cm³/mol. The molecule has 0 saturated carbocycles. The summed E-state index contributed by atoms with van der Waals surface area (Å²) in [6.45, 7) is 1.67. The molecule has 0 aromatic heterocycles. The molecule has 3 N–H and O–H groups in total. The van der Waals surface area contributed by atoms with Crippen LogP contribution in [0.25, 0.3) is 0 Å². The van der Waals surface area contributed by atoms with Gasteiger partial charge < -0.3 is 25.4 Å². The summed E-state index contributed by atoms with van der Waals surface area (Å²) < 4.78 is 4.79. The van der Waals surface area contributed by atoms with E-state index < -0.39 is 18.0 Å². The number of carbonyl (C=O) groups is 2. The molecule has 2 amide bonds. The van der Waals surface area contributed by atoms with Crippen molar-refractivity contribution in [1.82, 2.24) is 15.5 Å². The molecule has 0 radical (unpaired) electrons. The van der Waals surface area contributed by atoms with Crippen molar-refractivity contribution < 1.29 is 19.4 Å². The van der Waals surface area contributed by atoms with Crippen LogP contribution in [-0.4, -0.2) is 69.0 Å². The number of aliphatic carboxylic acids is 1. The average Bonchev–Trinajstić information content (AvgIpc) is 2.29. The maximum Gasteiger partial charge on any atom is 0.326 e. The van der Waals surface area contributed by atoms with Crippen LogP contribution in [0, 0.1) is 0 Å². The monoisotopic (exact) mass is 261 g/mol. The van der Waals surface area contributed by atoms with Crippen molar-refractivity contribution in [2.24, 2.45) is 0 Å². The van der Waals surface area contributed by atoms with Gasteiger partial charge in [0.25, 0.3) is 0 Å². The second-order valence-electron chi connectivity index (χ2n) is 4.23. The number of carbonyl (C=O) groups excluding carboxylic acids is 1. The predicted octanol–water partition coefficient (Wildman–Crippen LogP) is -0.273. The Morgan fingerprint density at radius 3 is 2.56 bits per heavy atom. The second kappa shape index (κ2) is 9.67. The Hall–Kier alpha value is -1.34. The zero-order chi connectivity index (χ0) is 14.0. The van der Waals surface area contributed by atoms with Crippen LogP contribution in [-0.2, 0) is 9.53 Å². The molecule has 0 bridgehead atoms. The highest BCUT2D eigenvalue weighted by Gasteiger charge is 2.18. The van der Waals surface area contributed by atoms with Crippen LogP contribution in [0.2, 0.25) is 0 Å². The van der Waals surface area contributed by atoms with E-state index in [0.717, 1.165) is 13.0 Å². The van der Waals surface area contributed by atoms with E-state index in [9.17, 15) is 9.59 Å². The molecule has 1 unspecified atom stereocenters. The number of hydrogen-bond donors (Lipinski definition) is 3. The second-order valence-corrected chi connectivity index (χ2v) is 4.23. The number of carboxylic acid groups (broad SMARTS) is 1. The molecular formula is C11H23N3O4. The van der Waals surface area contributed by atoms with E-state index in [1.54, 1.807) is 0 Å². The number of methoxy groups -OCH3 is 1. The first-order chi connectivity index (χ1) is 8.47. The first kappa shape index (κ1) is 16.7. The molecule has 7 heteroatoms. The Bertz CT molecular complexity index is 259. The summed E-state index contributed by atoms with van der Waals surface area (Å²) in [6.07, 6.45) is 1.06. The summed E-state index contributed by atoms with van der Waals surface area (Å²) >= 11 is 0. The standard InChI is InChI=1S/C11H23N3O4/c1-14(2)7-4-6-12-11(17)13-9(10(15)16)5-8-18-3/h9H,4-8H2,1-3H3,(H,15,16)(H2,12,13,17). The lowest BCUT2D eigenvalue weighted by molar-refractivity contribution is -0.139. The molecule has 7 nitrogen and oxygen atoms in total. The van der Waals surface area contributed by atoms with Crippen LogP contribution in [0.3, 0.4) is 0 Å². The number of amides is 2. The summed E-state index contributed by atoms with van der Waals surface area (Å²) in [7, 11) is 5.39. The summed E-state index contributed by atoms with van der Waals surface area (Å²) in [5.41, 5.74) is 0. The largest absolute Gasteiger partial charge is 0.480 e. The highest BCUT2D eigenvalue weighted by atomic mass is 16.5. The minimum absolute atomic E-state index is 0.247. The fourth-order valence-corrected chi connectivity index (χ4v) is 1.30. The van der Waals surface area contributed by atoms with Crippen LogP contribution in [0.5, 0.6) is 0 Å². The van der Waals surface area contributed by atoms with Crippen molar-refractivity contribution in [2.45, 2.75) is 18.9 Å². The van der Waals surface area contributed by atoms with E-state index in [0.29, 0.717) is 6.54 Å². The molecule has 106 valence electrons. The van der Waals surface area contributed by atoms with Crippen LogP contribution in [0.4, 0.5) is 4.79 Å². The maximum absolute atomic E-state index is 11.4. The van der Waals surface area contributed by atoms with Crippen LogP contribution < -0.4 is 10.6 Å². The quantitative estimate of drug-likeness (QED) is 0.497. The molecular weight excluding hydrogens is 238 g/mol. The van der Waals surface area contributed by atoms with Gasteiger partial charge in [-0.3, -0.25) is 0 Å². The smallest absolute Gasteiger partial charge is 0.326 e. The average molecular weight is 261 g/mol. The molecule has 1 atom stereocenters. The minimum Gasteiger partial charge on any atom is -0.480 e. The Balaban J connectivity index is 3.84. The number of urea groups is 1. The fourth-order valence-electron chi connectivity index (χ4n) is 1.30.